The number of hydrogen-bond donors (Lipinski definition) is 0. The number of rotatable bonds is 10. The SMILES string of the molecule is CCOc1ccc(N=CN(c2ccc(OCC)cc2)S(=O)(=O)c2ccc([N+](=O)[O-])cc2)cc1. The number of non-ortho nitro benzene ring substituents is 1. The lowest BCUT2D eigenvalue weighted by atomic mass is 10.3. The van der Waals surface area contributed by atoms with Crippen molar-refractivity contribution in [3.8, 4) is 11.5 Å². The van der Waals surface area contributed by atoms with Crippen molar-refractivity contribution in [3.05, 3.63) is 82.9 Å². The molecule has 3 aromatic rings. The zero-order valence-corrected chi connectivity index (χ0v) is 18.9. The highest BCUT2D eigenvalue weighted by Crippen LogP contribution is 2.27. The Kier molecular flexibility index (Phi) is 7.62. The molecule has 0 saturated heterocycles. The number of hydrogen-bond acceptors (Lipinski definition) is 7. The van der Waals surface area contributed by atoms with Crippen LogP contribution in [0.25, 0.3) is 0 Å². The van der Waals surface area contributed by atoms with Crippen LogP contribution in [0.1, 0.15) is 13.8 Å². The van der Waals surface area contributed by atoms with Crippen LogP contribution in [0.3, 0.4) is 0 Å². The summed E-state index contributed by atoms with van der Waals surface area (Å²) in [6.45, 7) is 4.73. The van der Waals surface area contributed by atoms with Crippen LogP contribution in [0.2, 0.25) is 0 Å². The normalized spacial score (nSPS) is 11.3. The van der Waals surface area contributed by atoms with Crippen molar-refractivity contribution in [2.75, 3.05) is 17.5 Å². The first-order chi connectivity index (χ1) is 15.8. The second kappa shape index (κ2) is 10.6. The summed E-state index contributed by atoms with van der Waals surface area (Å²) < 4.78 is 38.6. The Morgan fingerprint density at radius 1 is 0.879 bits per heavy atom. The van der Waals surface area contributed by atoms with Gasteiger partial charge in [0, 0.05) is 12.1 Å². The third-order valence-electron chi connectivity index (χ3n) is 4.47. The van der Waals surface area contributed by atoms with Gasteiger partial charge < -0.3 is 9.47 Å². The van der Waals surface area contributed by atoms with Gasteiger partial charge >= 0.3 is 0 Å². The largest absolute Gasteiger partial charge is 0.494 e. The number of sulfonamides is 1. The van der Waals surface area contributed by atoms with Crippen molar-refractivity contribution in [1.82, 2.24) is 0 Å². The van der Waals surface area contributed by atoms with Crippen molar-refractivity contribution in [2.45, 2.75) is 18.7 Å². The number of aliphatic imine (C=N–C) groups is 1. The summed E-state index contributed by atoms with van der Waals surface area (Å²) in [7, 11) is -4.11. The van der Waals surface area contributed by atoms with Crippen molar-refractivity contribution in [3.63, 3.8) is 0 Å². The van der Waals surface area contributed by atoms with Gasteiger partial charge in [0.05, 0.1) is 34.4 Å². The maximum Gasteiger partial charge on any atom is 0.269 e. The standard InChI is InChI=1S/C23H23N3O6S/c1-3-31-21-11-5-18(6-12-21)24-17-25(19-7-13-22(14-8-19)32-4-2)33(29,30)23-15-9-20(10-16-23)26(27)28/h5-17H,3-4H2,1-2H3. The van der Waals surface area contributed by atoms with Gasteiger partial charge in [0.2, 0.25) is 0 Å². The Labute approximate surface area is 192 Å². The average Bonchev–Trinajstić information content (AvgIpc) is 2.81. The van der Waals surface area contributed by atoms with Gasteiger partial charge in [-0.1, -0.05) is 0 Å². The molecule has 0 aromatic heterocycles. The average molecular weight is 470 g/mol. The molecule has 0 atom stereocenters. The predicted octanol–water partition coefficient (Wildman–Crippen LogP) is 4.95. The molecule has 0 aliphatic rings. The summed E-state index contributed by atoms with van der Waals surface area (Å²) in [6.07, 6.45) is 1.20. The maximum absolute atomic E-state index is 13.4. The van der Waals surface area contributed by atoms with Gasteiger partial charge in [-0.3, -0.25) is 10.1 Å². The first-order valence-electron chi connectivity index (χ1n) is 10.1. The molecule has 0 unspecified atom stereocenters. The van der Waals surface area contributed by atoms with Crippen molar-refractivity contribution < 1.29 is 22.8 Å². The number of nitrogens with zero attached hydrogens (tertiary/aromatic N) is 3. The molecular weight excluding hydrogens is 446 g/mol. The van der Waals surface area contributed by atoms with E-state index in [4.69, 9.17) is 9.47 Å². The molecule has 0 N–H and O–H groups in total. The quantitative estimate of drug-likeness (QED) is 0.180. The second-order valence-corrected chi connectivity index (χ2v) is 8.47. The fourth-order valence-corrected chi connectivity index (χ4v) is 4.17. The number of nitro benzene ring substituents is 1. The second-order valence-electron chi connectivity index (χ2n) is 6.65. The van der Waals surface area contributed by atoms with Gasteiger partial charge in [-0.15, -0.1) is 0 Å². The summed E-state index contributed by atoms with van der Waals surface area (Å²) in [6, 6.07) is 18.1. The molecule has 0 aliphatic heterocycles. The first kappa shape index (κ1) is 23.7. The van der Waals surface area contributed by atoms with Gasteiger partial charge in [0.25, 0.3) is 15.7 Å². The van der Waals surface area contributed by atoms with Gasteiger partial charge in [-0.2, -0.15) is 0 Å². The molecule has 3 rings (SSSR count). The zero-order valence-electron chi connectivity index (χ0n) is 18.1. The number of benzene rings is 3. The van der Waals surface area contributed by atoms with Crippen LogP contribution in [0, 0.1) is 10.1 Å². The summed E-state index contributed by atoms with van der Waals surface area (Å²) >= 11 is 0. The summed E-state index contributed by atoms with van der Waals surface area (Å²) in [5, 5.41) is 10.9. The van der Waals surface area contributed by atoms with Crippen LogP contribution in [0.4, 0.5) is 17.1 Å². The number of nitro groups is 1. The van der Waals surface area contributed by atoms with Gasteiger partial charge in [0.1, 0.15) is 17.8 Å². The van der Waals surface area contributed by atoms with E-state index in [0.29, 0.717) is 36.1 Å². The molecule has 0 amide bonds. The monoisotopic (exact) mass is 469 g/mol. The minimum atomic E-state index is -4.11. The molecule has 172 valence electrons. The first-order valence-corrected chi connectivity index (χ1v) is 11.6. The van der Waals surface area contributed by atoms with Gasteiger partial charge in [-0.25, -0.2) is 17.7 Å². The number of anilines is 1. The lowest BCUT2D eigenvalue weighted by Crippen LogP contribution is -2.29. The fraction of sp³-hybridized carbons (Fsp3) is 0.174. The van der Waals surface area contributed by atoms with E-state index >= 15 is 0 Å². The van der Waals surface area contributed by atoms with Crippen LogP contribution in [0.5, 0.6) is 11.5 Å². The van der Waals surface area contributed by atoms with Crippen molar-refractivity contribution in [2.24, 2.45) is 4.99 Å². The molecule has 0 fully saturated rings. The minimum Gasteiger partial charge on any atom is -0.494 e. The molecule has 10 heteroatoms. The maximum atomic E-state index is 13.4. The topological polar surface area (TPSA) is 111 Å². The van der Waals surface area contributed by atoms with E-state index in [1.54, 1.807) is 48.5 Å². The van der Waals surface area contributed by atoms with Crippen molar-refractivity contribution >= 4 is 33.4 Å². The van der Waals surface area contributed by atoms with Crippen LogP contribution in [-0.4, -0.2) is 32.9 Å². The van der Waals surface area contributed by atoms with E-state index in [1.165, 1.54) is 18.5 Å². The van der Waals surface area contributed by atoms with E-state index in [1.807, 2.05) is 13.8 Å². The van der Waals surface area contributed by atoms with E-state index in [9.17, 15) is 18.5 Å². The van der Waals surface area contributed by atoms with Gasteiger partial charge in [0.15, 0.2) is 0 Å². The van der Waals surface area contributed by atoms with E-state index in [2.05, 4.69) is 4.99 Å². The third kappa shape index (κ3) is 5.86. The summed E-state index contributed by atoms with van der Waals surface area (Å²) in [5.74, 6) is 1.27. The molecule has 0 radical (unpaired) electrons. The Morgan fingerprint density at radius 3 is 1.88 bits per heavy atom. The van der Waals surface area contributed by atoms with Crippen LogP contribution < -0.4 is 13.8 Å². The fourth-order valence-electron chi connectivity index (χ4n) is 2.89. The molecule has 33 heavy (non-hydrogen) atoms. The molecule has 0 heterocycles. The third-order valence-corrected chi connectivity index (χ3v) is 6.16. The highest BCUT2D eigenvalue weighted by atomic mass is 32.2. The lowest BCUT2D eigenvalue weighted by Gasteiger charge is -2.20. The van der Waals surface area contributed by atoms with Gasteiger partial charge in [-0.05, 0) is 74.5 Å². The van der Waals surface area contributed by atoms with Crippen molar-refractivity contribution in [1.29, 1.82) is 0 Å². The molecule has 9 nitrogen and oxygen atoms in total. The Balaban J connectivity index is 1.99. The number of ether oxygens (including phenoxy) is 2. The summed E-state index contributed by atoms with van der Waals surface area (Å²) in [4.78, 5) is 14.5. The van der Waals surface area contributed by atoms with E-state index in [0.717, 1.165) is 16.4 Å². The minimum absolute atomic E-state index is 0.111. The lowest BCUT2D eigenvalue weighted by molar-refractivity contribution is -0.384. The molecule has 0 bridgehead atoms. The molecular formula is C23H23N3O6S. The van der Waals surface area contributed by atoms with E-state index in [-0.39, 0.29) is 10.6 Å². The molecule has 3 aromatic carbocycles. The highest BCUT2D eigenvalue weighted by Gasteiger charge is 2.25. The Bertz CT molecular complexity index is 1210. The van der Waals surface area contributed by atoms with Crippen LogP contribution in [-0.2, 0) is 10.0 Å². The van der Waals surface area contributed by atoms with E-state index < -0.39 is 14.9 Å². The highest BCUT2D eigenvalue weighted by molar-refractivity contribution is 7.93. The summed E-state index contributed by atoms with van der Waals surface area (Å²) in [5.41, 5.74) is 0.643. The van der Waals surface area contributed by atoms with Crippen LogP contribution >= 0.6 is 0 Å². The molecule has 0 spiro atoms. The predicted molar refractivity (Wildman–Crippen MR) is 126 cm³/mol. The smallest absolute Gasteiger partial charge is 0.269 e. The van der Waals surface area contributed by atoms with Crippen LogP contribution in [0.15, 0.2) is 82.7 Å². The Hall–Kier alpha value is -3.92. The molecule has 0 aliphatic carbocycles. The Morgan fingerprint density at radius 2 is 1.39 bits per heavy atom. The zero-order chi connectivity index (χ0) is 23.8. The molecule has 0 saturated carbocycles.